The second-order valence-corrected chi connectivity index (χ2v) is 4.13. The van der Waals surface area contributed by atoms with Gasteiger partial charge in [-0.25, -0.2) is 0 Å². The van der Waals surface area contributed by atoms with E-state index in [2.05, 4.69) is 20.3 Å². The molecule has 3 rings (SSSR count). The predicted molar refractivity (Wildman–Crippen MR) is 46.2 cm³/mol. The molecular formula is C8H13N5. The van der Waals surface area contributed by atoms with E-state index >= 15 is 0 Å². The largest absolute Gasteiger partial charge is 0.301 e. The minimum absolute atomic E-state index is 0.182. The molecule has 5 nitrogen and oxygen atoms in total. The monoisotopic (exact) mass is 179 g/mol. The lowest BCUT2D eigenvalue weighted by molar-refractivity contribution is 0.250. The molecule has 1 aromatic rings. The second-order valence-electron chi connectivity index (χ2n) is 4.13. The third kappa shape index (κ3) is 0.934. The molecular weight excluding hydrogens is 166 g/mol. The van der Waals surface area contributed by atoms with Crippen molar-refractivity contribution >= 4 is 0 Å². The van der Waals surface area contributed by atoms with Gasteiger partial charge in [0.25, 0.3) is 0 Å². The third-order valence-corrected chi connectivity index (χ3v) is 3.24. The molecule has 0 N–H and O–H groups in total. The highest BCUT2D eigenvalue weighted by Crippen LogP contribution is 2.37. The molecule has 3 heterocycles. The van der Waals surface area contributed by atoms with E-state index in [-0.39, 0.29) is 5.54 Å². The first kappa shape index (κ1) is 7.44. The Hall–Kier alpha value is -0.970. The SMILES string of the molecule is Cc1nnn(C23CCN(CC2)C3)n1. The number of hydrogen-bond donors (Lipinski definition) is 0. The van der Waals surface area contributed by atoms with Crippen LogP contribution in [0.2, 0.25) is 0 Å². The van der Waals surface area contributed by atoms with Crippen LogP contribution in [-0.4, -0.2) is 44.7 Å². The molecule has 0 spiro atoms. The van der Waals surface area contributed by atoms with E-state index in [1.807, 2.05) is 11.7 Å². The first-order valence-corrected chi connectivity index (χ1v) is 4.78. The fourth-order valence-corrected chi connectivity index (χ4v) is 2.45. The summed E-state index contributed by atoms with van der Waals surface area (Å²) in [4.78, 5) is 4.31. The molecule has 2 aliphatic heterocycles. The Morgan fingerprint density at radius 2 is 2.08 bits per heavy atom. The lowest BCUT2D eigenvalue weighted by Crippen LogP contribution is -2.34. The van der Waals surface area contributed by atoms with Gasteiger partial charge in [-0.2, -0.15) is 4.80 Å². The summed E-state index contributed by atoms with van der Waals surface area (Å²) in [5, 5.41) is 12.4. The minimum Gasteiger partial charge on any atom is -0.301 e. The van der Waals surface area contributed by atoms with Crippen molar-refractivity contribution in [1.82, 2.24) is 25.1 Å². The van der Waals surface area contributed by atoms with Gasteiger partial charge in [-0.3, -0.25) is 0 Å². The van der Waals surface area contributed by atoms with Crippen LogP contribution in [0.3, 0.4) is 0 Å². The quantitative estimate of drug-likeness (QED) is 0.598. The Bertz CT molecular complexity index is 323. The zero-order valence-corrected chi connectivity index (χ0v) is 7.77. The van der Waals surface area contributed by atoms with Crippen LogP contribution in [0.4, 0.5) is 0 Å². The van der Waals surface area contributed by atoms with E-state index < -0.39 is 0 Å². The zero-order chi connectivity index (χ0) is 8.89. The maximum Gasteiger partial charge on any atom is 0.171 e. The van der Waals surface area contributed by atoms with Crippen molar-refractivity contribution in [1.29, 1.82) is 0 Å². The lowest BCUT2D eigenvalue weighted by atomic mass is 9.96. The maximum atomic E-state index is 4.33. The standard InChI is InChI=1S/C8H13N5/c1-7-9-11-13(10-7)8-2-4-12(6-8)5-3-8/h2-6H2,1H3. The number of aryl methyl sites for hydroxylation is 1. The maximum absolute atomic E-state index is 4.33. The van der Waals surface area contributed by atoms with Crippen LogP contribution in [-0.2, 0) is 5.54 Å². The zero-order valence-electron chi connectivity index (χ0n) is 7.77. The Kier molecular flexibility index (Phi) is 1.31. The van der Waals surface area contributed by atoms with Crippen LogP contribution in [0.5, 0.6) is 0 Å². The van der Waals surface area contributed by atoms with E-state index in [4.69, 9.17) is 0 Å². The minimum atomic E-state index is 0.182. The van der Waals surface area contributed by atoms with Gasteiger partial charge in [-0.15, -0.1) is 10.2 Å². The predicted octanol–water partition coefficient (Wildman–Crippen LogP) is -0.214. The summed E-state index contributed by atoms with van der Waals surface area (Å²) >= 11 is 0. The van der Waals surface area contributed by atoms with E-state index in [1.54, 1.807) is 0 Å². The van der Waals surface area contributed by atoms with Crippen LogP contribution in [0, 0.1) is 6.92 Å². The number of piperidine rings is 1. The number of fused-ring (bicyclic) bond motifs is 2. The number of hydrogen-bond acceptors (Lipinski definition) is 4. The fraction of sp³-hybridized carbons (Fsp3) is 0.875. The molecule has 70 valence electrons. The van der Waals surface area contributed by atoms with Gasteiger partial charge in [0, 0.05) is 19.6 Å². The smallest absolute Gasteiger partial charge is 0.171 e. The molecule has 13 heavy (non-hydrogen) atoms. The second kappa shape index (κ2) is 2.29. The van der Waals surface area contributed by atoms with Crippen molar-refractivity contribution < 1.29 is 0 Å². The van der Waals surface area contributed by atoms with E-state index in [1.165, 1.54) is 25.9 Å². The van der Waals surface area contributed by atoms with E-state index in [0.717, 1.165) is 12.4 Å². The van der Waals surface area contributed by atoms with Crippen LogP contribution in [0.25, 0.3) is 0 Å². The van der Waals surface area contributed by atoms with Crippen LogP contribution in [0.15, 0.2) is 0 Å². The van der Waals surface area contributed by atoms with Gasteiger partial charge in [0.05, 0.1) is 5.54 Å². The van der Waals surface area contributed by atoms with Gasteiger partial charge >= 0.3 is 0 Å². The van der Waals surface area contributed by atoms with Crippen molar-refractivity contribution in [2.24, 2.45) is 0 Å². The molecule has 0 atom stereocenters. The number of tetrazole rings is 1. The van der Waals surface area contributed by atoms with Gasteiger partial charge in [0.2, 0.25) is 0 Å². The summed E-state index contributed by atoms with van der Waals surface area (Å²) in [7, 11) is 0. The average Bonchev–Trinajstić information content (AvgIpc) is 2.77. The molecule has 0 aromatic carbocycles. The Morgan fingerprint density at radius 1 is 1.31 bits per heavy atom. The summed E-state index contributed by atoms with van der Waals surface area (Å²) < 4.78 is 0. The molecule has 0 amide bonds. The fourth-order valence-electron chi connectivity index (χ4n) is 2.45. The summed E-state index contributed by atoms with van der Waals surface area (Å²) in [6, 6.07) is 0. The summed E-state index contributed by atoms with van der Waals surface area (Å²) in [5.74, 6) is 0.778. The Labute approximate surface area is 76.7 Å². The highest BCUT2D eigenvalue weighted by atomic mass is 15.6. The van der Waals surface area contributed by atoms with Crippen molar-refractivity contribution in [3.8, 4) is 0 Å². The normalized spacial score (nSPS) is 37.2. The van der Waals surface area contributed by atoms with Crippen molar-refractivity contribution in [3.63, 3.8) is 0 Å². The third-order valence-electron chi connectivity index (χ3n) is 3.24. The highest BCUT2D eigenvalue weighted by Gasteiger charge is 2.46. The van der Waals surface area contributed by atoms with Crippen molar-refractivity contribution in [3.05, 3.63) is 5.82 Å². The molecule has 0 radical (unpaired) electrons. The van der Waals surface area contributed by atoms with Crippen LogP contribution < -0.4 is 0 Å². The Morgan fingerprint density at radius 3 is 2.54 bits per heavy atom. The average molecular weight is 179 g/mol. The van der Waals surface area contributed by atoms with E-state index in [0.29, 0.717) is 0 Å². The molecule has 0 unspecified atom stereocenters. The van der Waals surface area contributed by atoms with Crippen LogP contribution in [0.1, 0.15) is 18.7 Å². The van der Waals surface area contributed by atoms with Crippen molar-refractivity contribution in [2.45, 2.75) is 25.3 Å². The lowest BCUT2D eigenvalue weighted by Gasteiger charge is -2.22. The van der Waals surface area contributed by atoms with Gasteiger partial charge in [0.1, 0.15) is 0 Å². The molecule has 0 saturated carbocycles. The molecule has 1 aromatic heterocycles. The summed E-state index contributed by atoms with van der Waals surface area (Å²) in [5.41, 5.74) is 0.182. The van der Waals surface area contributed by atoms with Crippen molar-refractivity contribution in [2.75, 3.05) is 19.6 Å². The van der Waals surface area contributed by atoms with Crippen LogP contribution >= 0.6 is 0 Å². The summed E-state index contributed by atoms with van der Waals surface area (Å²) in [6.45, 7) is 5.39. The summed E-state index contributed by atoms with van der Waals surface area (Å²) in [6.07, 6.45) is 2.37. The number of rotatable bonds is 1. The van der Waals surface area contributed by atoms with Gasteiger partial charge in [-0.05, 0) is 25.0 Å². The number of aromatic nitrogens is 4. The molecule has 2 fully saturated rings. The van der Waals surface area contributed by atoms with Gasteiger partial charge in [-0.1, -0.05) is 0 Å². The first-order valence-electron chi connectivity index (χ1n) is 4.78. The van der Waals surface area contributed by atoms with Gasteiger partial charge in [0.15, 0.2) is 5.82 Å². The molecule has 0 aliphatic carbocycles. The van der Waals surface area contributed by atoms with E-state index in [9.17, 15) is 0 Å². The molecule has 2 aliphatic rings. The highest BCUT2D eigenvalue weighted by molar-refractivity contribution is 4.99. The van der Waals surface area contributed by atoms with Gasteiger partial charge < -0.3 is 4.90 Å². The topological polar surface area (TPSA) is 46.8 Å². The molecule has 2 bridgehead atoms. The first-order chi connectivity index (χ1) is 6.28. The Balaban J connectivity index is 2.00. The molecule has 5 heteroatoms. The number of nitrogens with zero attached hydrogens (tertiary/aromatic N) is 5. The molecule has 2 saturated heterocycles.